The minimum Gasteiger partial charge on any atom is -1.00 e. The van der Waals surface area contributed by atoms with Crippen LogP contribution in [0.4, 0.5) is 0 Å². The molecule has 0 atom stereocenters. The summed E-state index contributed by atoms with van der Waals surface area (Å²) in [6.45, 7) is 5.58. The van der Waals surface area contributed by atoms with E-state index in [9.17, 15) is 0 Å². The van der Waals surface area contributed by atoms with Crippen LogP contribution in [0.1, 0.15) is 26.7 Å². The molecule has 4 heteroatoms. The van der Waals surface area contributed by atoms with Gasteiger partial charge in [0.1, 0.15) is 0 Å². The zero-order valence-corrected chi connectivity index (χ0v) is 13.6. The molecule has 91 valence electrons. The summed E-state index contributed by atoms with van der Waals surface area (Å²) in [4.78, 5) is 2.22. The Hall–Kier alpha value is 0.734. The largest absolute Gasteiger partial charge is 3.00 e. The van der Waals surface area contributed by atoms with Gasteiger partial charge >= 0.3 is 21.7 Å². The molecule has 0 spiro atoms. The normalized spacial score (nSPS) is 16.7. The molecule has 0 N–H and O–H groups in total. The molecule has 0 fully saturated rings. The van der Waals surface area contributed by atoms with E-state index in [0.717, 1.165) is 19.4 Å². The van der Waals surface area contributed by atoms with Gasteiger partial charge in [-0.1, -0.05) is 32.1 Å². The number of rotatable bonds is 3. The fraction of sp³-hybridized carbons (Fsp3) is 0.667. The molecule has 1 aliphatic rings. The fourth-order valence-corrected chi connectivity index (χ4v) is 1.32. The van der Waals surface area contributed by atoms with Crippen molar-refractivity contribution in [3.8, 4) is 0 Å². The van der Waals surface area contributed by atoms with Crippen molar-refractivity contribution < 1.29 is 46.5 Å². The summed E-state index contributed by atoms with van der Waals surface area (Å²) >= 11 is 0. The first-order chi connectivity index (χ1) is 5.99. The van der Waals surface area contributed by atoms with Crippen LogP contribution in [0.3, 0.4) is 0 Å². The molecule has 1 rings (SSSR count). The van der Waals surface area contributed by atoms with E-state index in [0.29, 0.717) is 0 Å². The topological polar surface area (TPSA) is 3.24 Å². The zero-order valence-electron chi connectivity index (χ0n) is 10.5. The van der Waals surface area contributed by atoms with Crippen LogP contribution in [-0.2, 0) is 21.7 Å². The summed E-state index contributed by atoms with van der Waals surface area (Å²) < 4.78 is 0. The summed E-state index contributed by atoms with van der Waals surface area (Å²) in [5, 5.41) is 0. The van der Waals surface area contributed by atoms with Crippen molar-refractivity contribution in [2.24, 2.45) is 5.41 Å². The van der Waals surface area contributed by atoms with Crippen LogP contribution in [0.25, 0.3) is 0 Å². The number of hydrogen-bond acceptors (Lipinski definition) is 1. The van der Waals surface area contributed by atoms with Crippen molar-refractivity contribution in [3.05, 3.63) is 23.8 Å². The van der Waals surface area contributed by atoms with Gasteiger partial charge in [-0.3, -0.25) is 6.08 Å². The first-order valence-corrected chi connectivity index (χ1v) is 4.94. The Balaban J connectivity index is -0.000000563. The minimum absolute atomic E-state index is 0. The summed E-state index contributed by atoms with van der Waals surface area (Å²) in [7, 11) is 4.22. The Morgan fingerprint density at radius 3 is 2.25 bits per heavy atom. The first kappa shape index (κ1) is 22.0. The second kappa shape index (κ2) is 9.73. The van der Waals surface area contributed by atoms with Crippen LogP contribution in [0, 0.1) is 11.5 Å². The van der Waals surface area contributed by atoms with Crippen molar-refractivity contribution in [3.63, 3.8) is 0 Å². The number of hydrogen-bond donors (Lipinski definition) is 0. The SMILES string of the molecule is CN(C)CCC1=CCC(C)(C)[C-]=C1.[Cl-].[Cl-].[Ti+3]. The smallest absolute Gasteiger partial charge is 1.00 e. The van der Waals surface area contributed by atoms with E-state index in [1.54, 1.807) is 0 Å². The molecule has 0 aromatic rings. The van der Waals surface area contributed by atoms with Crippen molar-refractivity contribution in [2.75, 3.05) is 20.6 Å². The van der Waals surface area contributed by atoms with Crippen LogP contribution in [0.2, 0.25) is 0 Å². The summed E-state index contributed by atoms with van der Waals surface area (Å²) in [6, 6.07) is 0. The van der Waals surface area contributed by atoms with Gasteiger partial charge in [0.15, 0.2) is 0 Å². The third kappa shape index (κ3) is 8.84. The van der Waals surface area contributed by atoms with E-state index < -0.39 is 0 Å². The molecule has 0 bridgehead atoms. The van der Waals surface area contributed by atoms with Crippen molar-refractivity contribution in [1.29, 1.82) is 0 Å². The number of allylic oxidation sites excluding steroid dienone is 3. The zero-order chi connectivity index (χ0) is 9.90. The van der Waals surface area contributed by atoms with Gasteiger partial charge in [-0.05, 0) is 20.6 Å². The molecule has 1 aliphatic carbocycles. The fourth-order valence-electron chi connectivity index (χ4n) is 1.32. The molecule has 0 unspecified atom stereocenters. The van der Waals surface area contributed by atoms with E-state index in [2.05, 4.69) is 51.1 Å². The molecular formula is C12H20Cl2NTi. The van der Waals surface area contributed by atoms with Crippen LogP contribution >= 0.6 is 0 Å². The van der Waals surface area contributed by atoms with E-state index in [1.807, 2.05) is 0 Å². The monoisotopic (exact) mass is 296 g/mol. The van der Waals surface area contributed by atoms with Crippen molar-refractivity contribution in [2.45, 2.75) is 26.7 Å². The Labute approximate surface area is 127 Å². The summed E-state index contributed by atoms with van der Waals surface area (Å²) in [5.74, 6) is 0. The van der Waals surface area contributed by atoms with Crippen LogP contribution in [0.5, 0.6) is 0 Å². The average Bonchev–Trinajstić information content (AvgIpc) is 2.02. The van der Waals surface area contributed by atoms with Gasteiger partial charge in [0.2, 0.25) is 0 Å². The van der Waals surface area contributed by atoms with Gasteiger partial charge in [-0.15, -0.1) is 0 Å². The van der Waals surface area contributed by atoms with E-state index in [-0.39, 0.29) is 51.9 Å². The molecule has 0 amide bonds. The molecule has 0 aliphatic heterocycles. The van der Waals surface area contributed by atoms with Gasteiger partial charge in [-0.25, -0.2) is 6.08 Å². The Kier molecular flexibility index (Phi) is 13.4. The van der Waals surface area contributed by atoms with Crippen molar-refractivity contribution in [1.82, 2.24) is 4.90 Å². The van der Waals surface area contributed by atoms with Gasteiger partial charge in [0, 0.05) is 0 Å². The van der Waals surface area contributed by atoms with Crippen LogP contribution in [-0.4, -0.2) is 25.5 Å². The maximum Gasteiger partial charge on any atom is 3.00 e. The molecular weight excluding hydrogens is 277 g/mol. The molecule has 0 aromatic heterocycles. The van der Waals surface area contributed by atoms with Crippen molar-refractivity contribution >= 4 is 0 Å². The summed E-state index contributed by atoms with van der Waals surface area (Å²) in [5.41, 5.74) is 1.69. The Morgan fingerprint density at radius 1 is 1.31 bits per heavy atom. The van der Waals surface area contributed by atoms with Crippen LogP contribution in [0.15, 0.2) is 17.7 Å². The van der Waals surface area contributed by atoms with E-state index in [4.69, 9.17) is 0 Å². The predicted molar refractivity (Wildman–Crippen MR) is 57.5 cm³/mol. The Bertz CT molecular complexity index is 235. The third-order valence-electron chi connectivity index (χ3n) is 2.37. The minimum atomic E-state index is 0. The quantitative estimate of drug-likeness (QED) is 0.389. The second-order valence-electron chi connectivity index (χ2n) is 4.71. The molecule has 0 saturated heterocycles. The molecule has 0 aromatic carbocycles. The van der Waals surface area contributed by atoms with Crippen LogP contribution < -0.4 is 24.8 Å². The first-order valence-electron chi connectivity index (χ1n) is 4.94. The summed E-state index contributed by atoms with van der Waals surface area (Å²) in [6.07, 6.45) is 10.2. The maximum atomic E-state index is 3.42. The number of halogens is 2. The van der Waals surface area contributed by atoms with Gasteiger partial charge in [0.05, 0.1) is 0 Å². The van der Waals surface area contributed by atoms with Gasteiger partial charge in [0.25, 0.3) is 0 Å². The van der Waals surface area contributed by atoms with Gasteiger partial charge in [-0.2, -0.15) is 11.6 Å². The molecule has 16 heavy (non-hydrogen) atoms. The third-order valence-corrected chi connectivity index (χ3v) is 2.37. The Morgan fingerprint density at radius 2 is 1.88 bits per heavy atom. The standard InChI is InChI=1S/C12H20N.2ClH.Ti/c1-12(2)8-5-11(6-9-12)7-10-13(3)4;;;/h5-6H,7-8,10H2,1-4H3;2*1H;/q-1;;;+3/p-2. The predicted octanol–water partition coefficient (Wildman–Crippen LogP) is -3.34. The molecule has 0 heterocycles. The molecule has 1 radical (unpaired) electrons. The molecule has 0 saturated carbocycles. The average molecular weight is 297 g/mol. The molecule has 1 nitrogen and oxygen atoms in total. The van der Waals surface area contributed by atoms with E-state index >= 15 is 0 Å². The number of nitrogens with zero attached hydrogens (tertiary/aromatic N) is 1. The van der Waals surface area contributed by atoms with Gasteiger partial charge < -0.3 is 29.7 Å². The second-order valence-corrected chi connectivity index (χ2v) is 4.71. The maximum absolute atomic E-state index is 3.42. The van der Waals surface area contributed by atoms with E-state index in [1.165, 1.54) is 5.57 Å².